The van der Waals surface area contributed by atoms with Gasteiger partial charge in [-0.15, -0.1) is 0 Å². The number of thiocarbonyl (C=S) groups is 1. The zero-order chi connectivity index (χ0) is 14.1. The molecule has 1 N–H and O–H groups in total. The van der Waals surface area contributed by atoms with E-state index in [9.17, 15) is 0 Å². The van der Waals surface area contributed by atoms with Gasteiger partial charge < -0.3 is 14.8 Å². The average Bonchev–Trinajstić information content (AvgIpc) is 2.95. The summed E-state index contributed by atoms with van der Waals surface area (Å²) in [5, 5.41) is 3.93. The molecule has 1 aliphatic rings. The van der Waals surface area contributed by atoms with Gasteiger partial charge in [-0.05, 0) is 36.8 Å². The molecule has 0 fully saturated rings. The molecular formula is C16H19N3S. The van der Waals surface area contributed by atoms with Crippen LogP contribution in [0.2, 0.25) is 0 Å². The molecule has 0 saturated heterocycles. The summed E-state index contributed by atoms with van der Waals surface area (Å²) in [6.45, 7) is 4.02. The Labute approximate surface area is 125 Å². The minimum atomic E-state index is 0.194. The number of rotatable bonds is 1. The number of hydrogen-bond donors (Lipinski definition) is 1. The summed E-state index contributed by atoms with van der Waals surface area (Å²) < 4.78 is 2.32. The van der Waals surface area contributed by atoms with Gasteiger partial charge >= 0.3 is 0 Å². The molecule has 1 aromatic heterocycles. The summed E-state index contributed by atoms with van der Waals surface area (Å²) in [5.74, 6) is 0. The molecule has 0 radical (unpaired) electrons. The first-order valence-corrected chi connectivity index (χ1v) is 7.31. The van der Waals surface area contributed by atoms with Crippen LogP contribution >= 0.6 is 12.2 Å². The van der Waals surface area contributed by atoms with E-state index in [4.69, 9.17) is 12.2 Å². The lowest BCUT2D eigenvalue weighted by atomic mass is 9.99. The molecule has 0 saturated carbocycles. The molecule has 1 aliphatic heterocycles. The molecule has 0 aliphatic carbocycles. The first-order chi connectivity index (χ1) is 9.70. The van der Waals surface area contributed by atoms with E-state index in [1.807, 2.05) is 7.05 Å². The van der Waals surface area contributed by atoms with Crippen LogP contribution in [0, 0.1) is 6.92 Å². The number of aromatic nitrogens is 1. The largest absolute Gasteiger partial charge is 0.366 e. The highest BCUT2D eigenvalue weighted by Gasteiger charge is 2.29. The summed E-state index contributed by atoms with van der Waals surface area (Å²) in [5.41, 5.74) is 3.87. The fourth-order valence-corrected chi connectivity index (χ4v) is 3.04. The average molecular weight is 285 g/mol. The lowest BCUT2D eigenvalue weighted by Crippen LogP contribution is -2.46. The van der Waals surface area contributed by atoms with Crippen LogP contribution in [-0.4, -0.2) is 28.2 Å². The van der Waals surface area contributed by atoms with E-state index in [1.54, 1.807) is 0 Å². The summed E-state index contributed by atoms with van der Waals surface area (Å²) >= 11 is 5.49. The van der Waals surface area contributed by atoms with Gasteiger partial charge in [0.2, 0.25) is 0 Å². The Morgan fingerprint density at radius 1 is 1.20 bits per heavy atom. The van der Waals surface area contributed by atoms with Crippen LogP contribution in [0.25, 0.3) is 0 Å². The smallest absolute Gasteiger partial charge is 0.169 e. The van der Waals surface area contributed by atoms with Gasteiger partial charge in [-0.25, -0.2) is 0 Å². The summed E-state index contributed by atoms with van der Waals surface area (Å²) in [6, 6.07) is 13.2. The van der Waals surface area contributed by atoms with Gasteiger partial charge in [0, 0.05) is 32.0 Å². The van der Waals surface area contributed by atoms with Crippen molar-refractivity contribution in [2.75, 3.05) is 13.6 Å². The fourth-order valence-electron chi connectivity index (χ4n) is 2.85. The van der Waals surface area contributed by atoms with Crippen LogP contribution in [0.5, 0.6) is 0 Å². The molecule has 2 aromatic rings. The summed E-state index contributed by atoms with van der Waals surface area (Å²) in [7, 11) is 1.89. The zero-order valence-electron chi connectivity index (χ0n) is 11.8. The first kappa shape index (κ1) is 13.2. The minimum absolute atomic E-state index is 0.194. The van der Waals surface area contributed by atoms with E-state index in [0.717, 1.165) is 18.2 Å². The maximum atomic E-state index is 5.49. The Balaban J connectivity index is 2.06. The Kier molecular flexibility index (Phi) is 3.49. The molecule has 3 nitrogen and oxygen atoms in total. The third-order valence-corrected chi connectivity index (χ3v) is 4.34. The van der Waals surface area contributed by atoms with Crippen LogP contribution in [0.3, 0.4) is 0 Å². The van der Waals surface area contributed by atoms with Crippen LogP contribution in [0.4, 0.5) is 0 Å². The van der Waals surface area contributed by atoms with Gasteiger partial charge in [-0.2, -0.15) is 0 Å². The van der Waals surface area contributed by atoms with E-state index < -0.39 is 0 Å². The highest BCUT2D eigenvalue weighted by Crippen LogP contribution is 2.32. The molecule has 104 valence electrons. The topological polar surface area (TPSA) is 20.2 Å². The van der Waals surface area contributed by atoms with Crippen LogP contribution in [0.15, 0.2) is 42.6 Å². The Morgan fingerprint density at radius 2 is 1.95 bits per heavy atom. The summed E-state index contributed by atoms with van der Waals surface area (Å²) in [4.78, 5) is 2.27. The van der Waals surface area contributed by atoms with Gasteiger partial charge in [0.25, 0.3) is 0 Å². The van der Waals surface area contributed by atoms with Crippen molar-refractivity contribution in [3.05, 3.63) is 59.4 Å². The molecular weight excluding hydrogens is 266 g/mol. The van der Waals surface area contributed by atoms with Gasteiger partial charge in [-0.1, -0.05) is 29.8 Å². The molecule has 0 amide bonds. The Hall–Kier alpha value is -1.81. The minimum Gasteiger partial charge on any atom is -0.366 e. The van der Waals surface area contributed by atoms with Gasteiger partial charge in [0.05, 0.1) is 6.04 Å². The van der Waals surface area contributed by atoms with E-state index >= 15 is 0 Å². The highest BCUT2D eigenvalue weighted by molar-refractivity contribution is 7.80. The maximum absolute atomic E-state index is 5.49. The van der Waals surface area contributed by atoms with Crippen LogP contribution in [0.1, 0.15) is 22.9 Å². The van der Waals surface area contributed by atoms with Gasteiger partial charge in [-0.3, -0.25) is 0 Å². The molecule has 0 bridgehead atoms. The molecule has 4 heteroatoms. The molecule has 3 rings (SSSR count). The Morgan fingerprint density at radius 3 is 2.65 bits per heavy atom. The van der Waals surface area contributed by atoms with E-state index in [2.05, 4.69) is 64.3 Å². The molecule has 1 aromatic carbocycles. The van der Waals surface area contributed by atoms with Crippen LogP contribution < -0.4 is 5.32 Å². The normalized spacial score (nSPS) is 17.7. The predicted molar refractivity (Wildman–Crippen MR) is 85.8 cm³/mol. The lowest BCUT2D eigenvalue weighted by Gasteiger charge is -2.38. The highest BCUT2D eigenvalue weighted by atomic mass is 32.1. The van der Waals surface area contributed by atoms with Crippen molar-refractivity contribution in [3.63, 3.8) is 0 Å². The van der Waals surface area contributed by atoms with Gasteiger partial charge in [0.1, 0.15) is 0 Å². The summed E-state index contributed by atoms with van der Waals surface area (Å²) in [6.07, 6.45) is 2.15. The quantitative estimate of drug-likeness (QED) is 0.814. The number of benzene rings is 1. The second-order valence-electron chi connectivity index (χ2n) is 5.19. The third kappa shape index (κ3) is 2.20. The molecule has 2 heterocycles. The third-order valence-electron chi connectivity index (χ3n) is 3.91. The number of hydrogen-bond acceptors (Lipinski definition) is 1. The van der Waals surface area contributed by atoms with Gasteiger partial charge in [0.15, 0.2) is 5.11 Å². The van der Waals surface area contributed by atoms with Crippen molar-refractivity contribution in [1.82, 2.24) is 14.8 Å². The molecule has 1 atom stereocenters. The molecule has 20 heavy (non-hydrogen) atoms. The second-order valence-corrected chi connectivity index (χ2v) is 5.57. The standard InChI is InChI=1S/C16H19N3S/c1-12-5-7-13(8-6-12)15-14-4-3-9-18(14)10-11-19(15)16(20)17-2/h3-9,15H,10-11H2,1-2H3,(H,17,20). The van der Waals surface area contributed by atoms with Crippen molar-refractivity contribution in [2.24, 2.45) is 0 Å². The van der Waals surface area contributed by atoms with Crippen molar-refractivity contribution in [2.45, 2.75) is 19.5 Å². The zero-order valence-corrected chi connectivity index (χ0v) is 12.7. The second kappa shape index (κ2) is 5.29. The van der Waals surface area contributed by atoms with Crippen molar-refractivity contribution >= 4 is 17.3 Å². The molecule has 1 unspecified atom stereocenters. The number of aryl methyl sites for hydroxylation is 1. The van der Waals surface area contributed by atoms with E-state index in [1.165, 1.54) is 16.8 Å². The first-order valence-electron chi connectivity index (χ1n) is 6.90. The monoisotopic (exact) mass is 285 g/mol. The van der Waals surface area contributed by atoms with Crippen molar-refractivity contribution in [1.29, 1.82) is 0 Å². The molecule has 0 spiro atoms. The lowest BCUT2D eigenvalue weighted by molar-refractivity contribution is 0.287. The van der Waals surface area contributed by atoms with E-state index in [-0.39, 0.29) is 6.04 Å². The maximum Gasteiger partial charge on any atom is 0.169 e. The predicted octanol–water partition coefficient (Wildman–Crippen LogP) is 2.71. The van der Waals surface area contributed by atoms with E-state index in [0.29, 0.717) is 0 Å². The van der Waals surface area contributed by atoms with Crippen molar-refractivity contribution < 1.29 is 0 Å². The number of nitrogens with one attached hydrogen (secondary N) is 1. The van der Waals surface area contributed by atoms with Crippen LogP contribution in [-0.2, 0) is 6.54 Å². The number of fused-ring (bicyclic) bond motifs is 1. The SMILES string of the molecule is CNC(=S)N1CCn2cccc2C1c1ccc(C)cc1. The Bertz CT molecular complexity index is 615. The number of nitrogens with zero attached hydrogens (tertiary/aromatic N) is 2. The fraction of sp³-hybridized carbons (Fsp3) is 0.312. The van der Waals surface area contributed by atoms with Crippen molar-refractivity contribution in [3.8, 4) is 0 Å².